The molecular formula is C13H18F3N. The molecule has 0 heterocycles. The Morgan fingerprint density at radius 2 is 1.76 bits per heavy atom. The van der Waals surface area contributed by atoms with Crippen molar-refractivity contribution in [2.24, 2.45) is 0 Å². The summed E-state index contributed by atoms with van der Waals surface area (Å²) in [5.74, 6) is 0. The fraction of sp³-hybridized carbons (Fsp3) is 0.538. The smallest absolute Gasteiger partial charge is 0.382 e. The molecular weight excluding hydrogens is 227 g/mol. The van der Waals surface area contributed by atoms with Crippen LogP contribution in [0.1, 0.15) is 37.8 Å². The van der Waals surface area contributed by atoms with E-state index in [-0.39, 0.29) is 6.04 Å². The van der Waals surface area contributed by atoms with Crippen LogP contribution in [0.25, 0.3) is 0 Å². The Labute approximate surface area is 100 Å². The maximum absolute atomic E-state index is 12.6. The maximum atomic E-state index is 12.6. The molecule has 1 aromatic carbocycles. The van der Waals surface area contributed by atoms with Crippen molar-refractivity contribution < 1.29 is 13.2 Å². The summed E-state index contributed by atoms with van der Waals surface area (Å²) in [7, 11) is 0. The summed E-state index contributed by atoms with van der Waals surface area (Å²) in [4.78, 5) is 0. The van der Waals surface area contributed by atoms with Gasteiger partial charge in [-0.15, -0.1) is 0 Å². The minimum Gasteiger partial charge on any atom is -0.382 e. The van der Waals surface area contributed by atoms with Crippen LogP contribution in [0.5, 0.6) is 0 Å². The SMILES string of the molecule is CCC(CC)Nc1cc(C(F)(F)F)ccc1C. The summed E-state index contributed by atoms with van der Waals surface area (Å²) in [5.41, 5.74) is 0.815. The Bertz CT molecular complexity index is 367. The zero-order valence-electron chi connectivity index (χ0n) is 10.4. The van der Waals surface area contributed by atoms with Crippen molar-refractivity contribution in [2.75, 3.05) is 5.32 Å². The zero-order valence-corrected chi connectivity index (χ0v) is 10.4. The van der Waals surface area contributed by atoms with E-state index in [0.29, 0.717) is 5.69 Å². The topological polar surface area (TPSA) is 12.0 Å². The van der Waals surface area contributed by atoms with Crippen molar-refractivity contribution >= 4 is 5.69 Å². The van der Waals surface area contributed by atoms with E-state index in [4.69, 9.17) is 0 Å². The van der Waals surface area contributed by atoms with E-state index in [1.165, 1.54) is 12.1 Å². The fourth-order valence-electron chi connectivity index (χ4n) is 1.67. The molecule has 96 valence electrons. The first-order valence-electron chi connectivity index (χ1n) is 5.82. The van der Waals surface area contributed by atoms with Crippen LogP contribution >= 0.6 is 0 Å². The minimum atomic E-state index is -4.28. The third-order valence-electron chi connectivity index (χ3n) is 2.91. The molecule has 0 fully saturated rings. The van der Waals surface area contributed by atoms with Crippen LogP contribution in [0.4, 0.5) is 18.9 Å². The molecule has 17 heavy (non-hydrogen) atoms. The normalized spacial score (nSPS) is 11.9. The third kappa shape index (κ3) is 3.65. The van der Waals surface area contributed by atoms with Crippen LogP contribution in [-0.2, 0) is 6.18 Å². The van der Waals surface area contributed by atoms with Crippen molar-refractivity contribution in [1.82, 2.24) is 0 Å². The summed E-state index contributed by atoms with van der Waals surface area (Å²) in [6.07, 6.45) is -2.49. The van der Waals surface area contributed by atoms with Gasteiger partial charge in [-0.2, -0.15) is 13.2 Å². The first-order chi connectivity index (χ1) is 7.88. The van der Waals surface area contributed by atoms with E-state index in [1.54, 1.807) is 0 Å². The lowest BCUT2D eigenvalue weighted by Gasteiger charge is -2.19. The summed E-state index contributed by atoms with van der Waals surface area (Å²) >= 11 is 0. The second-order valence-electron chi connectivity index (χ2n) is 4.19. The summed E-state index contributed by atoms with van der Waals surface area (Å²) in [6, 6.07) is 4.03. The average molecular weight is 245 g/mol. The number of hydrogen-bond acceptors (Lipinski definition) is 1. The molecule has 0 aliphatic rings. The minimum absolute atomic E-state index is 0.220. The number of aryl methyl sites for hydroxylation is 1. The molecule has 0 atom stereocenters. The van der Waals surface area contributed by atoms with Gasteiger partial charge in [0.1, 0.15) is 0 Å². The Morgan fingerprint density at radius 1 is 1.18 bits per heavy atom. The van der Waals surface area contributed by atoms with Crippen LogP contribution in [0.3, 0.4) is 0 Å². The molecule has 0 bridgehead atoms. The lowest BCUT2D eigenvalue weighted by Crippen LogP contribution is -2.18. The Balaban J connectivity index is 2.98. The Kier molecular flexibility index (Phi) is 4.43. The molecule has 1 N–H and O–H groups in total. The van der Waals surface area contributed by atoms with Gasteiger partial charge >= 0.3 is 6.18 Å². The van der Waals surface area contributed by atoms with Crippen LogP contribution < -0.4 is 5.32 Å². The zero-order chi connectivity index (χ0) is 13.1. The molecule has 0 saturated heterocycles. The third-order valence-corrected chi connectivity index (χ3v) is 2.91. The molecule has 0 unspecified atom stereocenters. The largest absolute Gasteiger partial charge is 0.416 e. The van der Waals surface area contributed by atoms with Gasteiger partial charge in [0.05, 0.1) is 5.56 Å². The van der Waals surface area contributed by atoms with Gasteiger partial charge in [-0.3, -0.25) is 0 Å². The van der Waals surface area contributed by atoms with Crippen LogP contribution in [-0.4, -0.2) is 6.04 Å². The quantitative estimate of drug-likeness (QED) is 0.816. The van der Waals surface area contributed by atoms with Gasteiger partial charge in [-0.25, -0.2) is 0 Å². The molecule has 0 aliphatic heterocycles. The number of anilines is 1. The number of halogens is 3. The van der Waals surface area contributed by atoms with Gasteiger partial charge < -0.3 is 5.32 Å². The van der Waals surface area contributed by atoms with Crippen molar-refractivity contribution in [1.29, 1.82) is 0 Å². The molecule has 4 heteroatoms. The van der Waals surface area contributed by atoms with Crippen molar-refractivity contribution in [3.8, 4) is 0 Å². The molecule has 0 aromatic heterocycles. The summed E-state index contributed by atoms with van der Waals surface area (Å²) in [5, 5.41) is 3.16. The molecule has 0 spiro atoms. The molecule has 1 rings (SSSR count). The number of benzene rings is 1. The van der Waals surface area contributed by atoms with E-state index >= 15 is 0 Å². The Hall–Kier alpha value is -1.19. The number of hydrogen-bond donors (Lipinski definition) is 1. The second kappa shape index (κ2) is 5.43. The van der Waals surface area contributed by atoms with E-state index in [2.05, 4.69) is 5.32 Å². The molecule has 1 aromatic rings. The predicted molar refractivity (Wildman–Crippen MR) is 64.2 cm³/mol. The standard InChI is InChI=1S/C13H18F3N/c1-4-11(5-2)17-12-8-10(13(14,15)16)7-6-9(12)3/h6-8,11,17H,4-5H2,1-3H3. The lowest BCUT2D eigenvalue weighted by atomic mass is 10.1. The van der Waals surface area contributed by atoms with Gasteiger partial charge in [0.15, 0.2) is 0 Å². The van der Waals surface area contributed by atoms with Gasteiger partial charge in [-0.1, -0.05) is 19.9 Å². The number of alkyl halides is 3. The summed E-state index contributed by atoms with van der Waals surface area (Å²) in [6.45, 7) is 5.85. The number of rotatable bonds is 4. The molecule has 0 amide bonds. The second-order valence-corrected chi connectivity index (χ2v) is 4.19. The van der Waals surface area contributed by atoms with E-state index in [9.17, 15) is 13.2 Å². The molecule has 1 nitrogen and oxygen atoms in total. The lowest BCUT2D eigenvalue weighted by molar-refractivity contribution is -0.137. The van der Waals surface area contributed by atoms with Crippen molar-refractivity contribution in [3.05, 3.63) is 29.3 Å². The van der Waals surface area contributed by atoms with Crippen LogP contribution in [0, 0.1) is 6.92 Å². The maximum Gasteiger partial charge on any atom is 0.416 e. The number of nitrogens with one attached hydrogen (secondary N) is 1. The van der Waals surface area contributed by atoms with Gasteiger partial charge in [-0.05, 0) is 37.5 Å². The summed E-state index contributed by atoms with van der Waals surface area (Å²) < 4.78 is 37.7. The van der Waals surface area contributed by atoms with E-state index in [1.807, 2.05) is 20.8 Å². The Morgan fingerprint density at radius 3 is 2.24 bits per heavy atom. The predicted octanol–water partition coefficient (Wildman–Crippen LogP) is 4.61. The highest BCUT2D eigenvalue weighted by Crippen LogP contribution is 2.32. The van der Waals surface area contributed by atoms with Crippen molar-refractivity contribution in [2.45, 2.75) is 45.8 Å². The first kappa shape index (κ1) is 13.9. The van der Waals surface area contributed by atoms with Gasteiger partial charge in [0.25, 0.3) is 0 Å². The van der Waals surface area contributed by atoms with Gasteiger partial charge in [0.2, 0.25) is 0 Å². The highest BCUT2D eigenvalue weighted by Gasteiger charge is 2.30. The van der Waals surface area contributed by atoms with Gasteiger partial charge in [0, 0.05) is 11.7 Å². The molecule has 0 saturated carbocycles. The van der Waals surface area contributed by atoms with E-state index in [0.717, 1.165) is 24.5 Å². The molecule has 0 radical (unpaired) electrons. The highest BCUT2D eigenvalue weighted by molar-refractivity contribution is 5.53. The average Bonchev–Trinajstić information content (AvgIpc) is 2.26. The highest BCUT2D eigenvalue weighted by atomic mass is 19.4. The van der Waals surface area contributed by atoms with E-state index < -0.39 is 11.7 Å². The fourth-order valence-corrected chi connectivity index (χ4v) is 1.67. The van der Waals surface area contributed by atoms with Crippen LogP contribution in [0.15, 0.2) is 18.2 Å². The first-order valence-corrected chi connectivity index (χ1v) is 5.82. The molecule has 0 aliphatic carbocycles. The monoisotopic (exact) mass is 245 g/mol. The van der Waals surface area contributed by atoms with Crippen molar-refractivity contribution in [3.63, 3.8) is 0 Å². The van der Waals surface area contributed by atoms with Crippen LogP contribution in [0.2, 0.25) is 0 Å².